The Hall–Kier alpha value is -0.940. The summed E-state index contributed by atoms with van der Waals surface area (Å²) in [7, 11) is 0. The van der Waals surface area contributed by atoms with Crippen LogP contribution in [0.15, 0.2) is 4.52 Å². The summed E-state index contributed by atoms with van der Waals surface area (Å²) < 4.78 is 11.0. The summed E-state index contributed by atoms with van der Waals surface area (Å²) in [6.45, 7) is 6.88. The van der Waals surface area contributed by atoms with Gasteiger partial charge < -0.3 is 14.6 Å². The fourth-order valence-corrected chi connectivity index (χ4v) is 2.17. The molecule has 2 heterocycles. The smallest absolute Gasteiger partial charge is 0.230 e. The average molecular weight is 253 g/mol. The van der Waals surface area contributed by atoms with Gasteiger partial charge in [-0.1, -0.05) is 19.0 Å². The lowest BCUT2D eigenvalue weighted by Crippen LogP contribution is -2.22. The minimum Gasteiger partial charge on any atom is -0.378 e. The monoisotopic (exact) mass is 253 g/mol. The van der Waals surface area contributed by atoms with Crippen molar-refractivity contribution in [2.75, 3.05) is 19.7 Å². The van der Waals surface area contributed by atoms with Crippen molar-refractivity contribution < 1.29 is 9.26 Å². The first-order valence-electron chi connectivity index (χ1n) is 6.94. The average Bonchev–Trinajstić information content (AvgIpc) is 2.86. The van der Waals surface area contributed by atoms with Crippen molar-refractivity contribution in [2.24, 2.45) is 0 Å². The van der Waals surface area contributed by atoms with Gasteiger partial charge in [-0.3, -0.25) is 0 Å². The molecule has 0 aliphatic carbocycles. The molecule has 1 aromatic heterocycles. The molecular weight excluding hydrogens is 230 g/mol. The van der Waals surface area contributed by atoms with Gasteiger partial charge in [-0.2, -0.15) is 4.98 Å². The fraction of sp³-hybridized carbons (Fsp3) is 0.846. The number of hydrogen-bond donors (Lipinski definition) is 1. The zero-order chi connectivity index (χ0) is 12.8. The third kappa shape index (κ3) is 3.78. The Morgan fingerprint density at radius 2 is 2.33 bits per heavy atom. The highest BCUT2D eigenvalue weighted by molar-refractivity contribution is 4.94. The molecule has 2 unspecified atom stereocenters. The predicted molar refractivity (Wildman–Crippen MR) is 68.6 cm³/mol. The van der Waals surface area contributed by atoms with Crippen LogP contribution in [0.4, 0.5) is 0 Å². The summed E-state index contributed by atoms with van der Waals surface area (Å²) in [5.74, 6) is 1.76. The summed E-state index contributed by atoms with van der Waals surface area (Å²) in [5.41, 5.74) is 0. The molecule has 0 amide bonds. The van der Waals surface area contributed by atoms with Gasteiger partial charge in [0.1, 0.15) is 0 Å². The van der Waals surface area contributed by atoms with Gasteiger partial charge in [0, 0.05) is 25.5 Å². The van der Waals surface area contributed by atoms with E-state index in [1.807, 2.05) is 0 Å². The molecule has 1 fully saturated rings. The van der Waals surface area contributed by atoms with E-state index >= 15 is 0 Å². The van der Waals surface area contributed by atoms with E-state index in [1.54, 1.807) is 0 Å². The van der Waals surface area contributed by atoms with Crippen LogP contribution in [-0.4, -0.2) is 35.9 Å². The number of hydrogen-bond acceptors (Lipinski definition) is 5. The third-order valence-electron chi connectivity index (χ3n) is 3.29. The van der Waals surface area contributed by atoms with Crippen molar-refractivity contribution in [3.05, 3.63) is 11.7 Å². The summed E-state index contributed by atoms with van der Waals surface area (Å²) in [6.07, 6.45) is 4.57. The predicted octanol–water partition coefficient (Wildman–Crippen LogP) is 1.89. The minimum atomic E-state index is 0.262. The molecule has 5 nitrogen and oxygen atoms in total. The Kier molecular flexibility index (Phi) is 5.13. The van der Waals surface area contributed by atoms with Crippen LogP contribution in [0.1, 0.15) is 50.7 Å². The number of ether oxygens (including phenoxy) is 1. The van der Waals surface area contributed by atoms with E-state index in [2.05, 4.69) is 29.3 Å². The number of likely N-dealkylation sites (N-methyl/N-ethyl adjacent to an activating group) is 1. The van der Waals surface area contributed by atoms with E-state index in [0.29, 0.717) is 0 Å². The minimum absolute atomic E-state index is 0.262. The molecule has 0 aromatic carbocycles. The molecule has 0 spiro atoms. The molecule has 0 saturated carbocycles. The second-order valence-electron chi connectivity index (χ2n) is 4.95. The maximum atomic E-state index is 5.68. The van der Waals surface area contributed by atoms with Gasteiger partial charge in [0.25, 0.3) is 0 Å². The number of aromatic nitrogens is 2. The molecule has 1 saturated heterocycles. The second-order valence-corrected chi connectivity index (χ2v) is 4.95. The van der Waals surface area contributed by atoms with E-state index in [-0.39, 0.29) is 12.0 Å². The zero-order valence-electron chi connectivity index (χ0n) is 11.3. The quantitative estimate of drug-likeness (QED) is 0.839. The zero-order valence-corrected chi connectivity index (χ0v) is 11.3. The van der Waals surface area contributed by atoms with E-state index in [4.69, 9.17) is 9.26 Å². The van der Waals surface area contributed by atoms with Crippen LogP contribution < -0.4 is 5.32 Å². The molecular formula is C13H23N3O2. The van der Waals surface area contributed by atoms with Crippen molar-refractivity contribution in [2.45, 2.75) is 51.6 Å². The molecule has 18 heavy (non-hydrogen) atoms. The molecule has 0 radical (unpaired) electrons. The molecule has 1 aliphatic heterocycles. The van der Waals surface area contributed by atoms with Gasteiger partial charge in [-0.15, -0.1) is 0 Å². The Bertz CT molecular complexity index is 348. The first-order valence-corrected chi connectivity index (χ1v) is 6.94. The van der Waals surface area contributed by atoms with Gasteiger partial charge in [0.05, 0.1) is 6.10 Å². The maximum Gasteiger partial charge on any atom is 0.230 e. The molecule has 0 bridgehead atoms. The van der Waals surface area contributed by atoms with Crippen LogP contribution in [0.25, 0.3) is 0 Å². The normalized spacial score (nSPS) is 22.0. The van der Waals surface area contributed by atoms with Gasteiger partial charge in [0.15, 0.2) is 5.82 Å². The van der Waals surface area contributed by atoms with Crippen LogP contribution in [0.3, 0.4) is 0 Å². The summed E-state index contributed by atoms with van der Waals surface area (Å²) in [5, 5.41) is 7.33. The van der Waals surface area contributed by atoms with Gasteiger partial charge in [-0.05, 0) is 25.8 Å². The molecule has 1 N–H and O–H groups in total. The Balaban J connectivity index is 1.84. The lowest BCUT2D eigenvalue weighted by atomic mass is 10.1. The highest BCUT2D eigenvalue weighted by atomic mass is 16.5. The lowest BCUT2D eigenvalue weighted by Gasteiger charge is -2.20. The van der Waals surface area contributed by atoms with Crippen LogP contribution in [-0.2, 0) is 11.2 Å². The van der Waals surface area contributed by atoms with Crippen molar-refractivity contribution in [1.29, 1.82) is 0 Å². The summed E-state index contributed by atoms with van der Waals surface area (Å²) in [4.78, 5) is 4.46. The molecule has 2 atom stereocenters. The highest BCUT2D eigenvalue weighted by Crippen LogP contribution is 2.17. The molecule has 1 aliphatic rings. The van der Waals surface area contributed by atoms with E-state index in [0.717, 1.165) is 44.3 Å². The second kappa shape index (κ2) is 6.85. The van der Waals surface area contributed by atoms with Crippen molar-refractivity contribution in [3.63, 3.8) is 0 Å². The number of nitrogens with zero attached hydrogens (tertiary/aromatic N) is 2. The molecule has 102 valence electrons. The van der Waals surface area contributed by atoms with Crippen LogP contribution in [0, 0.1) is 0 Å². The van der Waals surface area contributed by atoms with Crippen molar-refractivity contribution >= 4 is 0 Å². The Morgan fingerprint density at radius 3 is 3.06 bits per heavy atom. The lowest BCUT2D eigenvalue weighted by molar-refractivity contribution is 0.0153. The van der Waals surface area contributed by atoms with Gasteiger partial charge in [-0.25, -0.2) is 0 Å². The third-order valence-corrected chi connectivity index (χ3v) is 3.29. The summed E-state index contributed by atoms with van der Waals surface area (Å²) in [6, 6.07) is 0. The summed E-state index contributed by atoms with van der Waals surface area (Å²) >= 11 is 0. The SMILES string of the molecule is CCNCC(C)c1nc(CC2CCCCO2)no1. The first kappa shape index (κ1) is 13.5. The molecule has 5 heteroatoms. The number of nitrogens with one attached hydrogen (secondary N) is 1. The van der Waals surface area contributed by atoms with Gasteiger partial charge in [0.2, 0.25) is 5.89 Å². The molecule has 2 rings (SSSR count). The van der Waals surface area contributed by atoms with Gasteiger partial charge >= 0.3 is 0 Å². The standard InChI is InChI=1S/C13H23N3O2/c1-3-14-9-10(2)13-15-12(16-18-13)8-11-6-4-5-7-17-11/h10-11,14H,3-9H2,1-2H3. The topological polar surface area (TPSA) is 60.2 Å². The Morgan fingerprint density at radius 1 is 1.44 bits per heavy atom. The van der Waals surface area contributed by atoms with Crippen LogP contribution in [0.2, 0.25) is 0 Å². The maximum absolute atomic E-state index is 5.68. The van der Waals surface area contributed by atoms with Crippen LogP contribution in [0.5, 0.6) is 0 Å². The highest BCUT2D eigenvalue weighted by Gasteiger charge is 2.19. The molecule has 1 aromatic rings. The van der Waals surface area contributed by atoms with Crippen LogP contribution >= 0.6 is 0 Å². The fourth-order valence-electron chi connectivity index (χ4n) is 2.17. The van der Waals surface area contributed by atoms with E-state index in [9.17, 15) is 0 Å². The number of rotatable bonds is 6. The largest absolute Gasteiger partial charge is 0.378 e. The van der Waals surface area contributed by atoms with E-state index in [1.165, 1.54) is 12.8 Å². The van der Waals surface area contributed by atoms with Crippen molar-refractivity contribution in [3.8, 4) is 0 Å². The first-order chi connectivity index (χ1) is 8.79. The Labute approximate surface area is 108 Å². The van der Waals surface area contributed by atoms with E-state index < -0.39 is 0 Å². The van der Waals surface area contributed by atoms with Crippen molar-refractivity contribution in [1.82, 2.24) is 15.5 Å².